The number of anilines is 2. The van der Waals surface area contributed by atoms with Crippen LogP contribution in [0.5, 0.6) is 0 Å². The number of hydrogen-bond acceptors (Lipinski definition) is 3. The molecule has 1 aromatic heterocycles. The molecule has 0 spiro atoms. The molecule has 0 aliphatic rings. The van der Waals surface area contributed by atoms with E-state index in [1.807, 2.05) is 45.0 Å². The lowest BCUT2D eigenvalue weighted by atomic mass is 10.1. The monoisotopic (exact) mass is 269 g/mol. The highest BCUT2D eigenvalue weighted by atomic mass is 16.2. The van der Waals surface area contributed by atoms with Gasteiger partial charge in [0, 0.05) is 29.8 Å². The lowest BCUT2D eigenvalue weighted by molar-refractivity contribution is 0.0988. The quantitative estimate of drug-likeness (QED) is 0.932. The molecule has 0 aliphatic carbocycles. The molecule has 0 fully saturated rings. The van der Waals surface area contributed by atoms with Crippen molar-refractivity contribution in [2.45, 2.75) is 20.8 Å². The third-order valence-electron chi connectivity index (χ3n) is 3.27. The highest BCUT2D eigenvalue weighted by Gasteiger charge is 2.19. The summed E-state index contributed by atoms with van der Waals surface area (Å²) < 4.78 is 0. The van der Waals surface area contributed by atoms with E-state index in [0.717, 1.165) is 16.9 Å². The van der Waals surface area contributed by atoms with Gasteiger partial charge in [0.05, 0.1) is 5.56 Å². The molecule has 2 aromatic rings. The molecule has 0 unspecified atom stereocenters. The maximum Gasteiger partial charge on any atom is 0.261 e. The fourth-order valence-electron chi connectivity index (χ4n) is 2.19. The van der Waals surface area contributed by atoms with Gasteiger partial charge < -0.3 is 10.6 Å². The third kappa shape index (κ3) is 2.64. The predicted molar refractivity (Wildman–Crippen MR) is 81.9 cm³/mol. The van der Waals surface area contributed by atoms with Crippen LogP contribution < -0.4 is 10.6 Å². The molecule has 4 heteroatoms. The molecular formula is C16H19N3O. The largest absolute Gasteiger partial charge is 0.398 e. The summed E-state index contributed by atoms with van der Waals surface area (Å²) in [4.78, 5) is 18.6. The second-order valence-corrected chi connectivity index (χ2v) is 4.75. The smallest absolute Gasteiger partial charge is 0.261 e. The van der Waals surface area contributed by atoms with E-state index in [0.29, 0.717) is 17.8 Å². The summed E-state index contributed by atoms with van der Waals surface area (Å²) in [6.07, 6.45) is 1.55. The van der Waals surface area contributed by atoms with Crippen molar-refractivity contribution < 1.29 is 4.79 Å². The van der Waals surface area contributed by atoms with Crippen LogP contribution >= 0.6 is 0 Å². The van der Waals surface area contributed by atoms with Crippen LogP contribution in [-0.2, 0) is 0 Å². The molecule has 0 bridgehead atoms. The number of benzene rings is 1. The fraction of sp³-hybridized carbons (Fsp3) is 0.250. The summed E-state index contributed by atoms with van der Waals surface area (Å²) in [6, 6.07) is 9.53. The van der Waals surface area contributed by atoms with Crippen LogP contribution in [0.15, 0.2) is 36.5 Å². The van der Waals surface area contributed by atoms with Gasteiger partial charge in [-0.15, -0.1) is 0 Å². The maximum absolute atomic E-state index is 12.7. The van der Waals surface area contributed by atoms with Crippen molar-refractivity contribution in [3.63, 3.8) is 0 Å². The van der Waals surface area contributed by atoms with Crippen molar-refractivity contribution in [2.24, 2.45) is 0 Å². The van der Waals surface area contributed by atoms with Gasteiger partial charge in [-0.05, 0) is 38.5 Å². The van der Waals surface area contributed by atoms with Gasteiger partial charge in [-0.3, -0.25) is 9.78 Å². The van der Waals surface area contributed by atoms with E-state index in [-0.39, 0.29) is 5.91 Å². The Morgan fingerprint density at radius 3 is 2.60 bits per heavy atom. The zero-order valence-corrected chi connectivity index (χ0v) is 12.1. The van der Waals surface area contributed by atoms with Gasteiger partial charge in [0.15, 0.2) is 0 Å². The van der Waals surface area contributed by atoms with E-state index >= 15 is 0 Å². The number of amides is 1. The van der Waals surface area contributed by atoms with Crippen LogP contribution in [-0.4, -0.2) is 17.4 Å². The lowest BCUT2D eigenvalue weighted by Gasteiger charge is -2.23. The summed E-state index contributed by atoms with van der Waals surface area (Å²) in [5.41, 5.74) is 9.62. The summed E-state index contributed by atoms with van der Waals surface area (Å²) in [5, 5.41) is 0. The Bertz CT molecular complexity index is 637. The standard InChI is InChI=1S/C16H19N3O/c1-4-19(15-8-6-5-7-11(15)2)16(20)13-10-18-12(3)9-14(13)17/h5-10H,4H2,1-3H3,(H2,17,18). The van der Waals surface area contributed by atoms with Crippen molar-refractivity contribution in [1.29, 1.82) is 0 Å². The number of pyridine rings is 1. The first-order valence-corrected chi connectivity index (χ1v) is 6.64. The average Bonchev–Trinajstić information content (AvgIpc) is 2.41. The predicted octanol–water partition coefficient (Wildman–Crippen LogP) is 2.95. The second kappa shape index (κ2) is 5.74. The molecule has 4 nitrogen and oxygen atoms in total. The topological polar surface area (TPSA) is 59.2 Å². The summed E-state index contributed by atoms with van der Waals surface area (Å²) in [6.45, 7) is 6.37. The number of nitrogens with two attached hydrogens (primary N) is 1. The Labute approximate surface area is 119 Å². The summed E-state index contributed by atoms with van der Waals surface area (Å²) in [7, 11) is 0. The number of hydrogen-bond donors (Lipinski definition) is 1. The minimum atomic E-state index is -0.119. The average molecular weight is 269 g/mol. The van der Waals surface area contributed by atoms with Crippen LogP contribution in [0.1, 0.15) is 28.5 Å². The highest BCUT2D eigenvalue weighted by Crippen LogP contribution is 2.23. The molecule has 1 amide bonds. The van der Waals surface area contributed by atoms with Crippen molar-refractivity contribution in [1.82, 2.24) is 4.98 Å². The third-order valence-corrected chi connectivity index (χ3v) is 3.27. The molecule has 1 aromatic carbocycles. The van der Waals surface area contributed by atoms with Gasteiger partial charge >= 0.3 is 0 Å². The number of para-hydroxylation sites is 1. The molecule has 2 N–H and O–H groups in total. The van der Waals surface area contributed by atoms with Gasteiger partial charge in [0.1, 0.15) is 0 Å². The molecule has 1 heterocycles. The Balaban J connectivity index is 2.42. The van der Waals surface area contributed by atoms with E-state index in [1.165, 1.54) is 0 Å². The Morgan fingerprint density at radius 1 is 1.30 bits per heavy atom. The fourth-order valence-corrected chi connectivity index (χ4v) is 2.19. The number of aromatic nitrogens is 1. The SMILES string of the molecule is CCN(C(=O)c1cnc(C)cc1N)c1ccccc1C. The molecule has 20 heavy (non-hydrogen) atoms. The Morgan fingerprint density at radius 2 is 2.00 bits per heavy atom. The van der Waals surface area contributed by atoms with E-state index in [9.17, 15) is 4.79 Å². The minimum absolute atomic E-state index is 0.119. The number of carbonyl (C=O) groups is 1. The van der Waals surface area contributed by atoms with E-state index < -0.39 is 0 Å². The number of rotatable bonds is 3. The molecule has 0 saturated heterocycles. The first kappa shape index (κ1) is 14.1. The molecule has 104 valence electrons. The molecule has 2 rings (SSSR count). The normalized spacial score (nSPS) is 10.3. The van der Waals surface area contributed by atoms with Crippen molar-refractivity contribution >= 4 is 17.3 Å². The minimum Gasteiger partial charge on any atom is -0.398 e. The van der Waals surface area contributed by atoms with Crippen LogP contribution in [0.2, 0.25) is 0 Å². The Hall–Kier alpha value is -2.36. The molecule has 0 radical (unpaired) electrons. The second-order valence-electron chi connectivity index (χ2n) is 4.75. The van der Waals surface area contributed by atoms with Gasteiger partial charge in [-0.25, -0.2) is 0 Å². The van der Waals surface area contributed by atoms with E-state index in [1.54, 1.807) is 17.2 Å². The number of carbonyl (C=O) groups excluding carboxylic acids is 1. The number of aryl methyl sites for hydroxylation is 2. The van der Waals surface area contributed by atoms with Crippen LogP contribution in [0, 0.1) is 13.8 Å². The number of nitrogens with zero attached hydrogens (tertiary/aromatic N) is 2. The summed E-state index contributed by atoms with van der Waals surface area (Å²) >= 11 is 0. The van der Waals surface area contributed by atoms with Crippen LogP contribution in [0.4, 0.5) is 11.4 Å². The van der Waals surface area contributed by atoms with E-state index in [2.05, 4.69) is 4.98 Å². The van der Waals surface area contributed by atoms with Crippen LogP contribution in [0.25, 0.3) is 0 Å². The molecule has 0 atom stereocenters. The zero-order chi connectivity index (χ0) is 14.7. The van der Waals surface area contributed by atoms with Crippen molar-refractivity contribution in [3.05, 3.63) is 53.3 Å². The zero-order valence-electron chi connectivity index (χ0n) is 12.1. The van der Waals surface area contributed by atoms with Crippen LogP contribution in [0.3, 0.4) is 0 Å². The van der Waals surface area contributed by atoms with Gasteiger partial charge in [0.2, 0.25) is 0 Å². The molecule has 0 aliphatic heterocycles. The number of nitrogen functional groups attached to an aromatic ring is 1. The highest BCUT2D eigenvalue weighted by molar-refractivity contribution is 6.09. The van der Waals surface area contributed by atoms with Crippen molar-refractivity contribution in [2.75, 3.05) is 17.2 Å². The van der Waals surface area contributed by atoms with Gasteiger partial charge in [0.25, 0.3) is 5.91 Å². The molecule has 0 saturated carbocycles. The lowest BCUT2D eigenvalue weighted by Crippen LogP contribution is -2.32. The van der Waals surface area contributed by atoms with Gasteiger partial charge in [-0.2, -0.15) is 0 Å². The van der Waals surface area contributed by atoms with E-state index in [4.69, 9.17) is 5.73 Å². The van der Waals surface area contributed by atoms with Crippen molar-refractivity contribution in [3.8, 4) is 0 Å². The first-order chi connectivity index (χ1) is 9.54. The Kier molecular flexibility index (Phi) is 4.03. The molecular weight excluding hydrogens is 250 g/mol. The maximum atomic E-state index is 12.7. The first-order valence-electron chi connectivity index (χ1n) is 6.64. The van der Waals surface area contributed by atoms with Gasteiger partial charge in [-0.1, -0.05) is 18.2 Å². The summed E-state index contributed by atoms with van der Waals surface area (Å²) in [5.74, 6) is -0.119.